The maximum absolute atomic E-state index is 14.6. The van der Waals surface area contributed by atoms with Crippen LogP contribution in [0, 0.1) is 5.82 Å². The molecule has 122 valence electrons. The van der Waals surface area contributed by atoms with E-state index in [1.807, 2.05) is 0 Å². The first-order chi connectivity index (χ1) is 11.4. The highest BCUT2D eigenvalue weighted by atomic mass is 35.5. The number of hydrogen-bond donors (Lipinski definition) is 3. The predicted octanol–water partition coefficient (Wildman–Crippen LogP) is 1.38. The van der Waals surface area contributed by atoms with Crippen LogP contribution in [0.4, 0.5) is 4.39 Å². The normalized spacial score (nSPS) is 13.5. The van der Waals surface area contributed by atoms with Gasteiger partial charge in [0.15, 0.2) is 5.60 Å². The molecule has 0 saturated carbocycles. The zero-order chi connectivity index (χ0) is 17.3. The van der Waals surface area contributed by atoms with Gasteiger partial charge >= 0.3 is 0 Å². The lowest BCUT2D eigenvalue weighted by Gasteiger charge is -2.26. The molecule has 0 fully saturated rings. The van der Waals surface area contributed by atoms with Crippen LogP contribution in [0.1, 0.15) is 11.1 Å². The molecular formula is C15H11ClFN5O2. The number of primary amides is 1. The molecule has 0 bridgehead atoms. The number of aromatic amines is 1. The average Bonchev–Trinajstić information content (AvgIpc) is 3.11. The first-order valence-corrected chi connectivity index (χ1v) is 7.13. The molecule has 1 amide bonds. The van der Waals surface area contributed by atoms with Crippen LogP contribution in [0.3, 0.4) is 0 Å². The van der Waals surface area contributed by atoms with Gasteiger partial charge < -0.3 is 10.8 Å². The van der Waals surface area contributed by atoms with Gasteiger partial charge in [0.1, 0.15) is 5.82 Å². The van der Waals surface area contributed by atoms with E-state index < -0.39 is 22.9 Å². The highest BCUT2D eigenvalue weighted by molar-refractivity contribution is 6.31. The van der Waals surface area contributed by atoms with Gasteiger partial charge in [-0.05, 0) is 22.9 Å². The SMILES string of the molecule is NC(=O)C(O)(c1ccccc1)c1cc(-c2nn[nH]n2)cc(Cl)c1F. The van der Waals surface area contributed by atoms with Crippen LogP contribution in [-0.2, 0) is 10.4 Å². The summed E-state index contributed by atoms with van der Waals surface area (Å²) in [4.78, 5) is 12.0. The molecule has 1 aromatic heterocycles. The van der Waals surface area contributed by atoms with Gasteiger partial charge in [-0.15, -0.1) is 10.2 Å². The van der Waals surface area contributed by atoms with E-state index in [0.29, 0.717) is 0 Å². The Hall–Kier alpha value is -2.84. The molecule has 1 atom stereocenters. The number of carbonyl (C=O) groups excluding carboxylic acids is 1. The van der Waals surface area contributed by atoms with Gasteiger partial charge in [0.05, 0.1) is 5.02 Å². The number of hydrogen-bond acceptors (Lipinski definition) is 5. The number of carbonyl (C=O) groups is 1. The smallest absolute Gasteiger partial charge is 0.258 e. The standard InChI is InChI=1S/C15H11ClFN5O2/c16-11-7-8(13-19-21-22-20-13)6-10(12(11)17)15(24,14(18)23)9-4-2-1-3-5-9/h1-7,24H,(H2,18,23)(H,19,20,21,22). The summed E-state index contributed by atoms with van der Waals surface area (Å²) < 4.78 is 14.6. The lowest BCUT2D eigenvalue weighted by atomic mass is 9.84. The van der Waals surface area contributed by atoms with E-state index in [1.54, 1.807) is 18.2 Å². The number of benzene rings is 2. The number of nitrogens with one attached hydrogen (secondary N) is 1. The van der Waals surface area contributed by atoms with Gasteiger partial charge in [-0.1, -0.05) is 41.9 Å². The van der Waals surface area contributed by atoms with E-state index in [0.717, 1.165) is 0 Å². The van der Waals surface area contributed by atoms with Crippen LogP contribution in [0.5, 0.6) is 0 Å². The molecule has 24 heavy (non-hydrogen) atoms. The van der Waals surface area contributed by atoms with Crippen molar-refractivity contribution < 1.29 is 14.3 Å². The number of nitrogens with zero attached hydrogens (tertiary/aromatic N) is 3. The predicted molar refractivity (Wildman–Crippen MR) is 83.2 cm³/mol. The van der Waals surface area contributed by atoms with Crippen LogP contribution in [0.15, 0.2) is 42.5 Å². The molecule has 7 nitrogen and oxygen atoms in total. The van der Waals surface area contributed by atoms with E-state index in [9.17, 15) is 14.3 Å². The lowest BCUT2D eigenvalue weighted by Crippen LogP contribution is -2.43. The third kappa shape index (κ3) is 2.51. The Balaban J connectivity index is 2.28. The zero-order valence-corrected chi connectivity index (χ0v) is 12.8. The number of rotatable bonds is 4. The number of nitrogens with two attached hydrogens (primary N) is 1. The Morgan fingerprint density at radius 2 is 2.00 bits per heavy atom. The van der Waals surface area contributed by atoms with Crippen molar-refractivity contribution >= 4 is 17.5 Å². The lowest BCUT2D eigenvalue weighted by molar-refractivity contribution is -0.133. The molecule has 0 aliphatic carbocycles. The minimum atomic E-state index is -2.41. The summed E-state index contributed by atoms with van der Waals surface area (Å²) in [5.41, 5.74) is 2.94. The maximum Gasteiger partial charge on any atom is 0.258 e. The molecule has 0 aliphatic rings. The van der Waals surface area contributed by atoms with Crippen molar-refractivity contribution in [3.8, 4) is 11.4 Å². The minimum Gasteiger partial charge on any atom is -0.372 e. The molecular weight excluding hydrogens is 337 g/mol. The third-order valence-corrected chi connectivity index (χ3v) is 3.84. The number of H-pyrrole nitrogens is 1. The number of amides is 1. The second-order valence-electron chi connectivity index (χ2n) is 5.00. The van der Waals surface area contributed by atoms with E-state index in [1.165, 1.54) is 24.3 Å². The van der Waals surface area contributed by atoms with Crippen molar-refractivity contribution in [3.63, 3.8) is 0 Å². The number of halogens is 2. The fourth-order valence-electron chi connectivity index (χ4n) is 2.38. The van der Waals surface area contributed by atoms with Gasteiger partial charge in [-0.2, -0.15) is 5.21 Å². The highest BCUT2D eigenvalue weighted by Crippen LogP contribution is 2.36. The Morgan fingerprint density at radius 1 is 1.29 bits per heavy atom. The van der Waals surface area contributed by atoms with E-state index in [-0.39, 0.29) is 22.0 Å². The molecule has 2 aromatic carbocycles. The van der Waals surface area contributed by atoms with Gasteiger partial charge in [-0.25, -0.2) is 4.39 Å². The summed E-state index contributed by atoms with van der Waals surface area (Å²) >= 11 is 5.91. The highest BCUT2D eigenvalue weighted by Gasteiger charge is 2.41. The maximum atomic E-state index is 14.6. The first kappa shape index (κ1) is 16.0. The first-order valence-electron chi connectivity index (χ1n) is 6.75. The van der Waals surface area contributed by atoms with Crippen LogP contribution in [0.25, 0.3) is 11.4 Å². The van der Waals surface area contributed by atoms with Crippen molar-refractivity contribution in [2.24, 2.45) is 5.73 Å². The number of tetrazole rings is 1. The van der Waals surface area contributed by atoms with Crippen molar-refractivity contribution in [1.29, 1.82) is 0 Å². The number of aliphatic hydroxyl groups is 1. The molecule has 0 spiro atoms. The quantitative estimate of drug-likeness (QED) is 0.659. The van der Waals surface area contributed by atoms with Crippen LogP contribution < -0.4 is 5.73 Å². The molecule has 1 heterocycles. The van der Waals surface area contributed by atoms with Crippen molar-refractivity contribution in [1.82, 2.24) is 20.6 Å². The van der Waals surface area contributed by atoms with Crippen molar-refractivity contribution in [2.75, 3.05) is 0 Å². The van der Waals surface area contributed by atoms with Crippen LogP contribution >= 0.6 is 11.6 Å². The largest absolute Gasteiger partial charge is 0.372 e. The minimum absolute atomic E-state index is 0.109. The van der Waals surface area contributed by atoms with E-state index >= 15 is 0 Å². The summed E-state index contributed by atoms with van der Waals surface area (Å²) in [6.45, 7) is 0. The molecule has 1 unspecified atom stereocenters. The Kier molecular flexibility index (Phi) is 4.00. The average molecular weight is 348 g/mol. The molecule has 3 aromatic rings. The summed E-state index contributed by atoms with van der Waals surface area (Å²) in [6, 6.07) is 10.3. The third-order valence-electron chi connectivity index (χ3n) is 3.57. The fourth-order valence-corrected chi connectivity index (χ4v) is 2.59. The topological polar surface area (TPSA) is 118 Å². The monoisotopic (exact) mass is 347 g/mol. The molecule has 3 rings (SSSR count). The molecule has 4 N–H and O–H groups in total. The fraction of sp³-hybridized carbons (Fsp3) is 0.0667. The summed E-state index contributed by atoms with van der Waals surface area (Å²) in [5.74, 6) is -1.99. The summed E-state index contributed by atoms with van der Waals surface area (Å²) in [5, 5.41) is 23.8. The van der Waals surface area contributed by atoms with E-state index in [4.69, 9.17) is 17.3 Å². The van der Waals surface area contributed by atoms with Gasteiger partial charge in [0.25, 0.3) is 5.91 Å². The zero-order valence-electron chi connectivity index (χ0n) is 12.1. The van der Waals surface area contributed by atoms with Crippen molar-refractivity contribution in [3.05, 3.63) is 64.4 Å². The Labute approximate surface area is 140 Å². The molecule has 0 saturated heterocycles. The van der Waals surface area contributed by atoms with Crippen molar-refractivity contribution in [2.45, 2.75) is 5.60 Å². The van der Waals surface area contributed by atoms with Gasteiger partial charge in [0.2, 0.25) is 5.82 Å². The Morgan fingerprint density at radius 3 is 2.58 bits per heavy atom. The molecule has 9 heteroatoms. The van der Waals surface area contributed by atoms with Crippen LogP contribution in [0.2, 0.25) is 5.02 Å². The van der Waals surface area contributed by atoms with Crippen LogP contribution in [-0.4, -0.2) is 31.6 Å². The molecule has 0 aliphatic heterocycles. The van der Waals surface area contributed by atoms with Gasteiger partial charge in [-0.3, -0.25) is 4.79 Å². The summed E-state index contributed by atoms with van der Waals surface area (Å²) in [7, 11) is 0. The second kappa shape index (κ2) is 5.99. The van der Waals surface area contributed by atoms with Gasteiger partial charge in [0, 0.05) is 11.1 Å². The second-order valence-corrected chi connectivity index (χ2v) is 5.40. The van der Waals surface area contributed by atoms with E-state index in [2.05, 4.69) is 20.6 Å². The Bertz CT molecular complexity index is 888. The summed E-state index contributed by atoms with van der Waals surface area (Å²) in [6.07, 6.45) is 0. The number of aromatic nitrogens is 4. The molecule has 0 radical (unpaired) electrons.